The van der Waals surface area contributed by atoms with E-state index in [2.05, 4.69) is 22.2 Å². The smallest absolute Gasteiger partial charge is 0.140 e. The van der Waals surface area contributed by atoms with Gasteiger partial charge in [-0.05, 0) is 18.7 Å². The largest absolute Gasteiger partial charge is 0.383 e. The van der Waals surface area contributed by atoms with Crippen LogP contribution in [0.15, 0.2) is 18.2 Å². The maximum absolute atomic E-state index is 5.32. The van der Waals surface area contributed by atoms with Crippen molar-refractivity contribution in [3.05, 3.63) is 23.9 Å². The summed E-state index contributed by atoms with van der Waals surface area (Å²) in [6.07, 6.45) is 0. The number of nitrogens with one attached hydrogen (secondary N) is 1. The van der Waals surface area contributed by atoms with Crippen LogP contribution in [0.5, 0.6) is 0 Å². The second kappa shape index (κ2) is 7.16. The average Bonchev–Trinajstić information content (AvgIpc) is 2.34. The highest BCUT2D eigenvalue weighted by Gasteiger charge is 2.04. The number of hydrogen-bond acceptors (Lipinski definition) is 5. The summed E-state index contributed by atoms with van der Waals surface area (Å²) in [6.45, 7) is 5.57. The number of hydrogen-bond donors (Lipinski definition) is 2. The van der Waals surface area contributed by atoms with Crippen molar-refractivity contribution in [2.45, 2.75) is 13.5 Å². The number of ether oxygens (including phenoxy) is 1. The minimum atomic E-state index is 0.695. The zero-order chi connectivity index (χ0) is 11.8. The Bertz CT molecular complexity index is 306. The fraction of sp³-hybridized carbons (Fsp3) is 0.545. The fourth-order valence-corrected chi connectivity index (χ4v) is 1.45. The highest BCUT2D eigenvalue weighted by Crippen LogP contribution is 2.06. The monoisotopic (exact) mass is 224 g/mol. The van der Waals surface area contributed by atoms with Crippen molar-refractivity contribution in [2.75, 3.05) is 32.2 Å². The van der Waals surface area contributed by atoms with Crippen LogP contribution in [0, 0.1) is 0 Å². The van der Waals surface area contributed by atoms with E-state index in [4.69, 9.17) is 10.6 Å². The Balaban J connectivity index is 2.55. The quantitative estimate of drug-likeness (QED) is 0.530. The van der Waals surface area contributed by atoms with Gasteiger partial charge in [0.1, 0.15) is 5.82 Å². The first-order chi connectivity index (χ1) is 7.80. The summed E-state index contributed by atoms with van der Waals surface area (Å²) in [6, 6.07) is 5.78. The second-order valence-corrected chi connectivity index (χ2v) is 3.52. The third kappa shape index (κ3) is 4.14. The topological polar surface area (TPSA) is 63.4 Å². The number of methoxy groups -OCH3 is 1. The van der Waals surface area contributed by atoms with Gasteiger partial charge in [0.15, 0.2) is 0 Å². The highest BCUT2D eigenvalue weighted by atomic mass is 16.5. The second-order valence-electron chi connectivity index (χ2n) is 3.52. The fourth-order valence-electron chi connectivity index (χ4n) is 1.45. The number of nitrogen functional groups attached to an aromatic ring is 1. The molecule has 0 saturated carbocycles. The molecular formula is C11H20N4O. The Hall–Kier alpha value is -1.17. The average molecular weight is 224 g/mol. The SMILES string of the molecule is CCN(CCOC)Cc1cccc(NN)n1. The van der Waals surface area contributed by atoms with Crippen LogP contribution in [-0.2, 0) is 11.3 Å². The Morgan fingerprint density at radius 1 is 1.50 bits per heavy atom. The predicted molar refractivity (Wildman–Crippen MR) is 64.9 cm³/mol. The number of pyridine rings is 1. The molecule has 16 heavy (non-hydrogen) atoms. The van der Waals surface area contributed by atoms with E-state index in [1.807, 2.05) is 18.2 Å². The molecule has 0 saturated heterocycles. The number of aromatic nitrogens is 1. The molecule has 0 aliphatic carbocycles. The van der Waals surface area contributed by atoms with Crippen molar-refractivity contribution in [3.8, 4) is 0 Å². The zero-order valence-electron chi connectivity index (χ0n) is 9.94. The molecular weight excluding hydrogens is 204 g/mol. The first kappa shape index (κ1) is 12.9. The standard InChI is InChI=1S/C11H20N4O/c1-3-15(7-8-16-2)9-10-5-4-6-11(13-10)14-12/h4-6H,3,7-9,12H2,1-2H3,(H,13,14). The Morgan fingerprint density at radius 2 is 2.31 bits per heavy atom. The molecule has 0 bridgehead atoms. The van der Waals surface area contributed by atoms with E-state index in [1.54, 1.807) is 7.11 Å². The third-order valence-electron chi connectivity index (χ3n) is 2.40. The van der Waals surface area contributed by atoms with Crippen LogP contribution in [0.4, 0.5) is 5.82 Å². The van der Waals surface area contributed by atoms with E-state index < -0.39 is 0 Å². The van der Waals surface area contributed by atoms with Crippen LogP contribution in [0.2, 0.25) is 0 Å². The molecule has 0 aromatic carbocycles. The van der Waals surface area contributed by atoms with E-state index in [1.165, 1.54) is 0 Å². The van der Waals surface area contributed by atoms with Gasteiger partial charge in [-0.1, -0.05) is 13.0 Å². The predicted octanol–water partition coefficient (Wildman–Crippen LogP) is 0.836. The summed E-state index contributed by atoms with van der Waals surface area (Å²) in [5, 5.41) is 0. The van der Waals surface area contributed by atoms with Gasteiger partial charge in [0.25, 0.3) is 0 Å². The molecule has 5 nitrogen and oxygen atoms in total. The van der Waals surface area contributed by atoms with Crippen LogP contribution in [0.1, 0.15) is 12.6 Å². The van der Waals surface area contributed by atoms with Crippen LogP contribution in [0.3, 0.4) is 0 Å². The van der Waals surface area contributed by atoms with Gasteiger partial charge in [-0.3, -0.25) is 4.90 Å². The maximum Gasteiger partial charge on any atom is 0.140 e. The molecule has 0 aliphatic rings. The number of nitrogens with two attached hydrogens (primary N) is 1. The molecule has 1 heterocycles. The summed E-state index contributed by atoms with van der Waals surface area (Å²) in [5.74, 6) is 6.01. The Labute approximate surface area is 96.6 Å². The van der Waals surface area contributed by atoms with E-state index >= 15 is 0 Å². The van der Waals surface area contributed by atoms with Crippen molar-refractivity contribution in [1.29, 1.82) is 0 Å². The minimum Gasteiger partial charge on any atom is -0.383 e. The number of rotatable bonds is 7. The van der Waals surface area contributed by atoms with Gasteiger partial charge in [-0.15, -0.1) is 0 Å². The van der Waals surface area contributed by atoms with E-state index in [9.17, 15) is 0 Å². The van der Waals surface area contributed by atoms with Crippen LogP contribution >= 0.6 is 0 Å². The van der Waals surface area contributed by atoms with E-state index in [0.29, 0.717) is 5.82 Å². The minimum absolute atomic E-state index is 0.695. The van der Waals surface area contributed by atoms with Gasteiger partial charge in [0.05, 0.1) is 12.3 Å². The lowest BCUT2D eigenvalue weighted by Crippen LogP contribution is -2.27. The molecule has 1 aromatic rings. The molecule has 0 radical (unpaired) electrons. The molecule has 3 N–H and O–H groups in total. The lowest BCUT2D eigenvalue weighted by Gasteiger charge is -2.19. The molecule has 0 atom stereocenters. The zero-order valence-corrected chi connectivity index (χ0v) is 9.94. The van der Waals surface area contributed by atoms with Crippen molar-refractivity contribution < 1.29 is 4.74 Å². The van der Waals surface area contributed by atoms with Crippen molar-refractivity contribution in [3.63, 3.8) is 0 Å². The van der Waals surface area contributed by atoms with Gasteiger partial charge in [0.2, 0.25) is 0 Å². The van der Waals surface area contributed by atoms with E-state index in [-0.39, 0.29) is 0 Å². The molecule has 90 valence electrons. The highest BCUT2D eigenvalue weighted by molar-refractivity contribution is 5.33. The van der Waals surface area contributed by atoms with Crippen LogP contribution < -0.4 is 11.3 Å². The number of hydrazine groups is 1. The van der Waals surface area contributed by atoms with Gasteiger partial charge < -0.3 is 10.2 Å². The summed E-state index contributed by atoms with van der Waals surface area (Å²) in [4.78, 5) is 6.64. The molecule has 1 rings (SSSR count). The van der Waals surface area contributed by atoms with Crippen molar-refractivity contribution in [1.82, 2.24) is 9.88 Å². The first-order valence-corrected chi connectivity index (χ1v) is 5.44. The Kier molecular flexibility index (Phi) is 5.77. The van der Waals surface area contributed by atoms with Gasteiger partial charge >= 0.3 is 0 Å². The summed E-state index contributed by atoms with van der Waals surface area (Å²) in [5.41, 5.74) is 3.56. The normalized spacial score (nSPS) is 10.8. The molecule has 0 aliphatic heterocycles. The lowest BCUT2D eigenvalue weighted by molar-refractivity contribution is 0.147. The molecule has 1 aromatic heterocycles. The molecule has 0 fully saturated rings. The summed E-state index contributed by atoms with van der Waals surface area (Å²) >= 11 is 0. The van der Waals surface area contributed by atoms with Crippen molar-refractivity contribution in [2.24, 2.45) is 5.84 Å². The molecule has 0 spiro atoms. The van der Waals surface area contributed by atoms with Gasteiger partial charge in [-0.25, -0.2) is 10.8 Å². The molecule has 0 unspecified atom stereocenters. The van der Waals surface area contributed by atoms with E-state index in [0.717, 1.165) is 31.9 Å². The molecule has 0 amide bonds. The van der Waals surface area contributed by atoms with Gasteiger partial charge in [0, 0.05) is 20.2 Å². The molecule has 5 heteroatoms. The van der Waals surface area contributed by atoms with Gasteiger partial charge in [-0.2, -0.15) is 0 Å². The summed E-state index contributed by atoms with van der Waals surface area (Å²) in [7, 11) is 1.71. The number of anilines is 1. The third-order valence-corrected chi connectivity index (χ3v) is 2.40. The first-order valence-electron chi connectivity index (χ1n) is 5.44. The van der Waals surface area contributed by atoms with Crippen LogP contribution in [0.25, 0.3) is 0 Å². The Morgan fingerprint density at radius 3 is 2.94 bits per heavy atom. The van der Waals surface area contributed by atoms with Crippen LogP contribution in [-0.4, -0.2) is 36.7 Å². The summed E-state index contributed by atoms with van der Waals surface area (Å²) < 4.78 is 5.06. The number of nitrogens with zero attached hydrogens (tertiary/aromatic N) is 2. The maximum atomic E-state index is 5.32. The lowest BCUT2D eigenvalue weighted by atomic mass is 10.3. The van der Waals surface area contributed by atoms with Crippen molar-refractivity contribution >= 4 is 5.82 Å². The number of likely N-dealkylation sites (N-methyl/N-ethyl adjacent to an activating group) is 1.